The number of guanidine groups is 1. The van der Waals surface area contributed by atoms with Crippen LogP contribution in [0.5, 0.6) is 5.75 Å². The molecule has 0 atom stereocenters. The fourth-order valence-electron chi connectivity index (χ4n) is 3.43. The molecular formula is C20H34N4O3. The molecule has 2 heterocycles. The van der Waals surface area contributed by atoms with Crippen molar-refractivity contribution in [3.8, 4) is 5.75 Å². The van der Waals surface area contributed by atoms with Gasteiger partial charge >= 0.3 is 0 Å². The van der Waals surface area contributed by atoms with E-state index >= 15 is 0 Å². The minimum atomic E-state index is 0.335. The molecule has 0 spiro atoms. The van der Waals surface area contributed by atoms with Crippen molar-refractivity contribution in [2.45, 2.75) is 45.8 Å². The Morgan fingerprint density at radius 1 is 1.26 bits per heavy atom. The molecule has 0 saturated carbocycles. The molecule has 0 bridgehead atoms. The predicted octanol–water partition coefficient (Wildman–Crippen LogP) is 2.30. The summed E-state index contributed by atoms with van der Waals surface area (Å²) < 4.78 is 16.5. The molecule has 1 aromatic rings. The predicted molar refractivity (Wildman–Crippen MR) is 108 cm³/mol. The van der Waals surface area contributed by atoms with Gasteiger partial charge in [0.25, 0.3) is 0 Å². The number of piperidine rings is 1. The SMILES string of the molecule is CN=C(NCc1ncc(C)c(OC)c1C)N1CCC(OCCCOC)CC1. The second-order valence-electron chi connectivity index (χ2n) is 6.85. The van der Waals surface area contributed by atoms with E-state index in [1.54, 1.807) is 14.2 Å². The highest BCUT2D eigenvalue weighted by Crippen LogP contribution is 2.24. The highest BCUT2D eigenvalue weighted by atomic mass is 16.5. The first-order chi connectivity index (χ1) is 13.1. The summed E-state index contributed by atoms with van der Waals surface area (Å²) in [5.74, 6) is 1.82. The Kier molecular flexibility index (Phi) is 8.81. The lowest BCUT2D eigenvalue weighted by molar-refractivity contribution is 0.00989. The molecule has 1 aromatic heterocycles. The van der Waals surface area contributed by atoms with Crippen LogP contribution in [0.1, 0.15) is 36.1 Å². The molecule has 1 fully saturated rings. The van der Waals surface area contributed by atoms with Crippen molar-refractivity contribution < 1.29 is 14.2 Å². The maximum Gasteiger partial charge on any atom is 0.193 e. The number of hydrogen-bond donors (Lipinski definition) is 1. The van der Waals surface area contributed by atoms with Crippen molar-refractivity contribution in [2.24, 2.45) is 4.99 Å². The number of rotatable bonds is 8. The van der Waals surface area contributed by atoms with Crippen molar-refractivity contribution >= 4 is 5.96 Å². The summed E-state index contributed by atoms with van der Waals surface area (Å²) in [7, 11) is 5.25. The molecule has 27 heavy (non-hydrogen) atoms. The summed E-state index contributed by atoms with van der Waals surface area (Å²) in [4.78, 5) is 11.3. The van der Waals surface area contributed by atoms with Crippen LogP contribution in [-0.2, 0) is 16.0 Å². The highest BCUT2D eigenvalue weighted by Gasteiger charge is 2.22. The van der Waals surface area contributed by atoms with E-state index in [0.717, 1.165) is 74.1 Å². The quantitative estimate of drug-likeness (QED) is 0.425. The van der Waals surface area contributed by atoms with E-state index in [4.69, 9.17) is 14.2 Å². The van der Waals surface area contributed by atoms with Crippen LogP contribution < -0.4 is 10.1 Å². The summed E-state index contributed by atoms with van der Waals surface area (Å²) >= 11 is 0. The van der Waals surface area contributed by atoms with E-state index in [1.165, 1.54) is 0 Å². The number of methoxy groups -OCH3 is 2. The fraction of sp³-hybridized carbons (Fsp3) is 0.700. The van der Waals surface area contributed by atoms with Crippen LogP contribution in [0.4, 0.5) is 0 Å². The molecular weight excluding hydrogens is 344 g/mol. The molecule has 1 N–H and O–H groups in total. The van der Waals surface area contributed by atoms with Gasteiger partial charge in [-0.3, -0.25) is 9.98 Å². The Morgan fingerprint density at radius 2 is 2.00 bits per heavy atom. The van der Waals surface area contributed by atoms with Gasteiger partial charge in [0.05, 0.1) is 25.5 Å². The zero-order valence-electron chi connectivity index (χ0n) is 17.4. The average Bonchev–Trinajstić information content (AvgIpc) is 2.68. The van der Waals surface area contributed by atoms with Gasteiger partial charge in [0, 0.05) is 57.8 Å². The van der Waals surface area contributed by atoms with Crippen molar-refractivity contribution in [3.05, 3.63) is 23.0 Å². The first kappa shape index (κ1) is 21.4. The molecule has 0 radical (unpaired) electrons. The van der Waals surface area contributed by atoms with Crippen LogP contribution in [0.3, 0.4) is 0 Å². The van der Waals surface area contributed by atoms with Gasteiger partial charge in [0.15, 0.2) is 5.96 Å². The number of aromatic nitrogens is 1. The van der Waals surface area contributed by atoms with E-state index in [9.17, 15) is 0 Å². The lowest BCUT2D eigenvalue weighted by atomic mass is 10.1. The highest BCUT2D eigenvalue weighted by molar-refractivity contribution is 5.80. The summed E-state index contributed by atoms with van der Waals surface area (Å²) in [6, 6.07) is 0. The van der Waals surface area contributed by atoms with Crippen LogP contribution in [0.25, 0.3) is 0 Å². The third-order valence-corrected chi connectivity index (χ3v) is 4.96. The number of likely N-dealkylation sites (tertiary alicyclic amines) is 1. The van der Waals surface area contributed by atoms with Crippen LogP contribution in [0.2, 0.25) is 0 Å². The zero-order chi connectivity index (χ0) is 19.6. The van der Waals surface area contributed by atoms with Crippen molar-refractivity contribution in [1.82, 2.24) is 15.2 Å². The lowest BCUT2D eigenvalue weighted by Crippen LogP contribution is -2.46. The number of nitrogens with one attached hydrogen (secondary N) is 1. The van der Waals surface area contributed by atoms with E-state index in [2.05, 4.69) is 20.2 Å². The molecule has 1 aliphatic rings. The Morgan fingerprint density at radius 3 is 2.63 bits per heavy atom. The summed E-state index contributed by atoms with van der Waals surface area (Å²) in [5.41, 5.74) is 3.11. The van der Waals surface area contributed by atoms with Gasteiger partial charge in [0.2, 0.25) is 0 Å². The molecule has 1 saturated heterocycles. The fourth-order valence-corrected chi connectivity index (χ4v) is 3.43. The van der Waals surface area contributed by atoms with Gasteiger partial charge in [-0.05, 0) is 33.1 Å². The zero-order valence-corrected chi connectivity index (χ0v) is 17.4. The van der Waals surface area contributed by atoms with Gasteiger partial charge < -0.3 is 24.4 Å². The Labute approximate surface area is 163 Å². The molecule has 2 rings (SSSR count). The molecule has 7 heteroatoms. The molecule has 0 aromatic carbocycles. The number of aryl methyl sites for hydroxylation is 1. The largest absolute Gasteiger partial charge is 0.496 e. The van der Waals surface area contributed by atoms with E-state index in [-0.39, 0.29) is 0 Å². The van der Waals surface area contributed by atoms with E-state index < -0.39 is 0 Å². The molecule has 0 amide bonds. The van der Waals surface area contributed by atoms with Crippen LogP contribution in [-0.4, -0.2) is 69.5 Å². The Balaban J connectivity index is 1.83. The molecule has 152 valence electrons. The van der Waals surface area contributed by atoms with Gasteiger partial charge in [-0.25, -0.2) is 0 Å². The summed E-state index contributed by atoms with van der Waals surface area (Å²) in [6.45, 7) is 8.10. The third-order valence-electron chi connectivity index (χ3n) is 4.96. The normalized spacial score (nSPS) is 15.9. The van der Waals surface area contributed by atoms with Gasteiger partial charge in [-0.15, -0.1) is 0 Å². The first-order valence-electron chi connectivity index (χ1n) is 9.65. The monoisotopic (exact) mass is 378 g/mol. The minimum Gasteiger partial charge on any atom is -0.496 e. The number of ether oxygens (including phenoxy) is 3. The standard InChI is InChI=1S/C20H34N4O3/c1-15-13-22-18(16(2)19(15)26-5)14-23-20(21-3)24-9-7-17(8-10-24)27-12-6-11-25-4/h13,17H,6-12,14H2,1-5H3,(H,21,23). The first-order valence-corrected chi connectivity index (χ1v) is 9.65. The molecule has 1 aliphatic heterocycles. The van der Waals surface area contributed by atoms with Gasteiger partial charge in [-0.2, -0.15) is 0 Å². The lowest BCUT2D eigenvalue weighted by Gasteiger charge is -2.34. The second-order valence-corrected chi connectivity index (χ2v) is 6.85. The minimum absolute atomic E-state index is 0.335. The topological polar surface area (TPSA) is 68.2 Å². The number of hydrogen-bond acceptors (Lipinski definition) is 5. The summed E-state index contributed by atoms with van der Waals surface area (Å²) in [6.07, 6.45) is 5.18. The van der Waals surface area contributed by atoms with Gasteiger partial charge in [0.1, 0.15) is 5.75 Å². The summed E-state index contributed by atoms with van der Waals surface area (Å²) in [5, 5.41) is 3.44. The Bertz CT molecular complexity index is 613. The number of pyridine rings is 1. The van der Waals surface area contributed by atoms with Crippen LogP contribution >= 0.6 is 0 Å². The smallest absolute Gasteiger partial charge is 0.193 e. The number of aliphatic imine (C=N–C) groups is 1. The van der Waals surface area contributed by atoms with Gasteiger partial charge in [-0.1, -0.05) is 0 Å². The van der Waals surface area contributed by atoms with Crippen molar-refractivity contribution in [2.75, 3.05) is 47.6 Å². The molecule has 0 aliphatic carbocycles. The number of nitrogens with zero attached hydrogens (tertiary/aromatic N) is 3. The molecule has 7 nitrogen and oxygen atoms in total. The maximum atomic E-state index is 5.94. The van der Waals surface area contributed by atoms with Crippen molar-refractivity contribution in [1.29, 1.82) is 0 Å². The average molecular weight is 379 g/mol. The van der Waals surface area contributed by atoms with Crippen LogP contribution in [0.15, 0.2) is 11.2 Å². The van der Waals surface area contributed by atoms with E-state index in [1.807, 2.05) is 27.1 Å². The second kappa shape index (κ2) is 11.1. The third kappa shape index (κ3) is 6.07. The van der Waals surface area contributed by atoms with Crippen molar-refractivity contribution in [3.63, 3.8) is 0 Å². The Hall–Kier alpha value is -1.86. The van der Waals surface area contributed by atoms with E-state index in [0.29, 0.717) is 12.6 Å². The molecule has 0 unspecified atom stereocenters. The van der Waals surface area contributed by atoms with Crippen LogP contribution in [0, 0.1) is 13.8 Å². The maximum absolute atomic E-state index is 5.94.